The van der Waals surface area contributed by atoms with Gasteiger partial charge in [-0.05, 0) is 18.9 Å². The Labute approximate surface area is 140 Å². The van der Waals surface area contributed by atoms with Gasteiger partial charge in [0.1, 0.15) is 11.8 Å². The van der Waals surface area contributed by atoms with E-state index in [4.69, 9.17) is 5.26 Å². The Bertz CT molecular complexity index is 932. The van der Waals surface area contributed by atoms with Crippen LogP contribution in [0.1, 0.15) is 31.0 Å². The van der Waals surface area contributed by atoms with Crippen molar-refractivity contribution in [1.29, 1.82) is 10.5 Å². The number of fused-ring (bicyclic) bond motifs is 1. The largest absolute Gasteiger partial charge is 0.311 e. The number of benzene rings is 1. The first-order valence-corrected chi connectivity index (χ1v) is 7.66. The van der Waals surface area contributed by atoms with Gasteiger partial charge in [-0.15, -0.1) is 0 Å². The normalized spacial score (nSPS) is 13.1. The SMILES string of the molecule is CC(C#N)(CCC#N)c1ncnc2c1ncn2Cc1ccccc1. The summed E-state index contributed by atoms with van der Waals surface area (Å²) in [4.78, 5) is 13.1. The van der Waals surface area contributed by atoms with Crippen LogP contribution in [0.4, 0.5) is 0 Å². The van der Waals surface area contributed by atoms with Crippen LogP contribution in [0.2, 0.25) is 0 Å². The van der Waals surface area contributed by atoms with Gasteiger partial charge in [-0.1, -0.05) is 30.3 Å². The van der Waals surface area contributed by atoms with E-state index in [1.807, 2.05) is 34.9 Å². The van der Waals surface area contributed by atoms with Crippen LogP contribution in [0.25, 0.3) is 11.2 Å². The number of aromatic nitrogens is 4. The third-order valence-corrected chi connectivity index (χ3v) is 4.10. The van der Waals surface area contributed by atoms with Gasteiger partial charge < -0.3 is 4.57 Å². The van der Waals surface area contributed by atoms with Crippen molar-refractivity contribution >= 4 is 11.2 Å². The molecular formula is C18H16N6. The Morgan fingerprint density at radius 2 is 1.92 bits per heavy atom. The Morgan fingerprint density at radius 3 is 2.62 bits per heavy atom. The first-order valence-electron chi connectivity index (χ1n) is 7.66. The summed E-state index contributed by atoms with van der Waals surface area (Å²) in [6.07, 6.45) is 3.89. The van der Waals surface area contributed by atoms with Crippen molar-refractivity contribution in [3.8, 4) is 12.1 Å². The Kier molecular flexibility index (Phi) is 4.22. The number of imidazole rings is 1. The average Bonchev–Trinajstić information content (AvgIpc) is 3.03. The summed E-state index contributed by atoms with van der Waals surface area (Å²) in [6, 6.07) is 14.4. The van der Waals surface area contributed by atoms with Gasteiger partial charge >= 0.3 is 0 Å². The van der Waals surface area contributed by atoms with Crippen molar-refractivity contribution in [2.45, 2.75) is 31.7 Å². The van der Waals surface area contributed by atoms with Crippen LogP contribution >= 0.6 is 0 Å². The molecule has 0 aliphatic rings. The molecule has 0 spiro atoms. The van der Waals surface area contributed by atoms with Crippen LogP contribution in [-0.4, -0.2) is 19.5 Å². The summed E-state index contributed by atoms with van der Waals surface area (Å²) in [5, 5.41) is 18.5. The second-order valence-corrected chi connectivity index (χ2v) is 5.85. The number of nitriles is 2. The lowest BCUT2D eigenvalue weighted by Gasteiger charge is -2.19. The third-order valence-electron chi connectivity index (χ3n) is 4.10. The zero-order chi connectivity index (χ0) is 17.0. The third kappa shape index (κ3) is 2.82. The molecule has 0 fully saturated rings. The van der Waals surface area contributed by atoms with Gasteiger partial charge in [-0.2, -0.15) is 10.5 Å². The molecule has 3 rings (SSSR count). The minimum atomic E-state index is -0.858. The topological polar surface area (TPSA) is 91.2 Å². The highest BCUT2D eigenvalue weighted by atomic mass is 15.1. The predicted octanol–water partition coefficient (Wildman–Crippen LogP) is 2.96. The van der Waals surface area contributed by atoms with Crippen molar-refractivity contribution in [2.24, 2.45) is 0 Å². The zero-order valence-corrected chi connectivity index (χ0v) is 13.3. The summed E-state index contributed by atoms with van der Waals surface area (Å²) in [7, 11) is 0. The maximum atomic E-state index is 9.61. The smallest absolute Gasteiger partial charge is 0.163 e. The molecule has 0 aliphatic heterocycles. The molecule has 1 aromatic carbocycles. The standard InChI is InChI=1S/C18H16N6/c1-18(11-20,8-5-9-19)16-15-17(22-12-21-16)24(13-23-15)10-14-6-3-2-4-7-14/h2-4,6-7,12-13H,5,8,10H2,1H3. The Hall–Kier alpha value is -3.25. The number of rotatable bonds is 5. The van der Waals surface area contributed by atoms with Crippen molar-refractivity contribution in [3.05, 3.63) is 54.2 Å². The van der Waals surface area contributed by atoms with Crippen molar-refractivity contribution in [2.75, 3.05) is 0 Å². The molecule has 1 atom stereocenters. The van der Waals surface area contributed by atoms with E-state index >= 15 is 0 Å². The van der Waals surface area contributed by atoms with Crippen LogP contribution in [0, 0.1) is 22.7 Å². The number of hydrogen-bond donors (Lipinski definition) is 0. The first-order chi connectivity index (χ1) is 11.7. The lowest BCUT2D eigenvalue weighted by atomic mass is 9.83. The number of nitrogens with zero attached hydrogens (tertiary/aromatic N) is 6. The van der Waals surface area contributed by atoms with E-state index in [0.29, 0.717) is 36.2 Å². The summed E-state index contributed by atoms with van der Waals surface area (Å²) in [5.41, 5.74) is 2.18. The summed E-state index contributed by atoms with van der Waals surface area (Å²) >= 11 is 0. The molecule has 1 unspecified atom stereocenters. The van der Waals surface area contributed by atoms with Gasteiger partial charge in [-0.25, -0.2) is 15.0 Å². The van der Waals surface area contributed by atoms with E-state index in [0.717, 1.165) is 5.56 Å². The van der Waals surface area contributed by atoms with Gasteiger partial charge in [0, 0.05) is 6.42 Å². The van der Waals surface area contributed by atoms with Crippen LogP contribution in [0.5, 0.6) is 0 Å². The molecule has 2 heterocycles. The molecule has 24 heavy (non-hydrogen) atoms. The Morgan fingerprint density at radius 1 is 1.12 bits per heavy atom. The van der Waals surface area contributed by atoms with Gasteiger partial charge in [-0.3, -0.25) is 0 Å². The average molecular weight is 316 g/mol. The second kappa shape index (κ2) is 6.47. The maximum absolute atomic E-state index is 9.61. The van der Waals surface area contributed by atoms with E-state index in [1.165, 1.54) is 6.33 Å². The molecule has 0 bridgehead atoms. The van der Waals surface area contributed by atoms with Crippen LogP contribution in [0.15, 0.2) is 43.0 Å². The molecule has 2 aromatic heterocycles. The van der Waals surface area contributed by atoms with E-state index in [2.05, 4.69) is 27.1 Å². The summed E-state index contributed by atoms with van der Waals surface area (Å²) in [5.74, 6) is 0. The highest BCUT2D eigenvalue weighted by Crippen LogP contribution is 2.30. The molecule has 0 saturated carbocycles. The Balaban J connectivity index is 2.04. The summed E-state index contributed by atoms with van der Waals surface area (Å²) < 4.78 is 1.94. The van der Waals surface area contributed by atoms with E-state index in [9.17, 15) is 5.26 Å². The predicted molar refractivity (Wildman–Crippen MR) is 88.7 cm³/mol. The fourth-order valence-corrected chi connectivity index (χ4v) is 2.71. The van der Waals surface area contributed by atoms with Crippen LogP contribution in [-0.2, 0) is 12.0 Å². The highest BCUT2D eigenvalue weighted by molar-refractivity contribution is 5.75. The van der Waals surface area contributed by atoms with Crippen LogP contribution in [0.3, 0.4) is 0 Å². The molecule has 6 heteroatoms. The molecule has 0 saturated heterocycles. The minimum absolute atomic E-state index is 0.292. The van der Waals surface area contributed by atoms with Gasteiger partial charge in [0.2, 0.25) is 0 Å². The van der Waals surface area contributed by atoms with E-state index in [-0.39, 0.29) is 0 Å². The van der Waals surface area contributed by atoms with Gasteiger partial charge in [0.15, 0.2) is 5.65 Å². The molecule has 0 aliphatic carbocycles. The van der Waals surface area contributed by atoms with Crippen molar-refractivity contribution in [3.63, 3.8) is 0 Å². The first kappa shape index (κ1) is 15.6. The van der Waals surface area contributed by atoms with Crippen LogP contribution < -0.4 is 0 Å². The summed E-state index contributed by atoms with van der Waals surface area (Å²) in [6.45, 7) is 2.44. The van der Waals surface area contributed by atoms with Gasteiger partial charge in [0.05, 0.1) is 36.1 Å². The molecule has 6 nitrogen and oxygen atoms in total. The molecule has 0 amide bonds. The lowest BCUT2D eigenvalue weighted by molar-refractivity contribution is 0.549. The van der Waals surface area contributed by atoms with E-state index in [1.54, 1.807) is 13.3 Å². The molecule has 3 aromatic rings. The van der Waals surface area contributed by atoms with Crippen molar-refractivity contribution < 1.29 is 0 Å². The monoisotopic (exact) mass is 316 g/mol. The lowest BCUT2D eigenvalue weighted by Crippen LogP contribution is -2.22. The molecule has 118 valence electrons. The molecular weight excluding hydrogens is 300 g/mol. The number of hydrogen-bond acceptors (Lipinski definition) is 5. The molecule has 0 N–H and O–H groups in total. The van der Waals surface area contributed by atoms with Gasteiger partial charge in [0.25, 0.3) is 0 Å². The van der Waals surface area contributed by atoms with Crippen molar-refractivity contribution in [1.82, 2.24) is 19.5 Å². The zero-order valence-electron chi connectivity index (χ0n) is 13.3. The highest BCUT2D eigenvalue weighted by Gasteiger charge is 2.31. The minimum Gasteiger partial charge on any atom is -0.311 e. The quantitative estimate of drug-likeness (QED) is 0.721. The fourth-order valence-electron chi connectivity index (χ4n) is 2.71. The maximum Gasteiger partial charge on any atom is 0.163 e. The fraction of sp³-hybridized carbons (Fsp3) is 0.278. The second-order valence-electron chi connectivity index (χ2n) is 5.85. The molecule has 0 radical (unpaired) electrons. The van der Waals surface area contributed by atoms with E-state index < -0.39 is 5.41 Å².